The van der Waals surface area contributed by atoms with Gasteiger partial charge in [0.05, 0.1) is 29.2 Å². The molecule has 2 aromatic heterocycles. The number of rotatable bonds is 4. The maximum Gasteiger partial charge on any atom is 0.416 e. The molecule has 0 saturated carbocycles. The second kappa shape index (κ2) is 8.47. The van der Waals surface area contributed by atoms with E-state index in [2.05, 4.69) is 20.1 Å². The number of benzene rings is 1. The van der Waals surface area contributed by atoms with Crippen LogP contribution in [0.3, 0.4) is 0 Å². The predicted octanol–water partition coefficient (Wildman–Crippen LogP) is 4.60. The van der Waals surface area contributed by atoms with Crippen LogP contribution in [0.4, 0.5) is 13.2 Å². The van der Waals surface area contributed by atoms with E-state index in [1.165, 1.54) is 6.07 Å². The van der Waals surface area contributed by atoms with Crippen molar-refractivity contribution in [1.82, 2.24) is 24.6 Å². The highest BCUT2D eigenvalue weighted by atomic mass is 19.4. The lowest BCUT2D eigenvalue weighted by Crippen LogP contribution is -2.34. The number of aryl methyl sites for hydroxylation is 1. The van der Waals surface area contributed by atoms with Gasteiger partial charge in [-0.2, -0.15) is 13.2 Å². The van der Waals surface area contributed by atoms with E-state index in [0.29, 0.717) is 42.6 Å². The van der Waals surface area contributed by atoms with E-state index >= 15 is 0 Å². The SMILES string of the molecule is Cn1c(CN2CCCCC2c2nnc(C3CCOCC3)o2)nc2cc(C(F)(F)F)ccc21. The number of nitrogens with zero attached hydrogens (tertiary/aromatic N) is 5. The van der Waals surface area contributed by atoms with Crippen molar-refractivity contribution >= 4 is 11.0 Å². The molecule has 1 aromatic carbocycles. The van der Waals surface area contributed by atoms with Crippen molar-refractivity contribution in [3.05, 3.63) is 41.4 Å². The lowest BCUT2D eigenvalue weighted by Gasteiger charge is -2.33. The zero-order chi connectivity index (χ0) is 22.3. The number of hydrogen-bond donors (Lipinski definition) is 0. The minimum Gasteiger partial charge on any atom is -0.423 e. The predicted molar refractivity (Wildman–Crippen MR) is 110 cm³/mol. The Balaban J connectivity index is 1.38. The molecule has 0 amide bonds. The molecule has 0 N–H and O–H groups in total. The molecule has 0 bridgehead atoms. The molecule has 2 saturated heterocycles. The number of aromatic nitrogens is 4. The zero-order valence-corrected chi connectivity index (χ0v) is 17.9. The molecule has 1 unspecified atom stereocenters. The number of likely N-dealkylation sites (tertiary alicyclic amines) is 1. The Hall–Kier alpha value is -2.46. The van der Waals surface area contributed by atoms with Gasteiger partial charge < -0.3 is 13.7 Å². The molecule has 0 radical (unpaired) electrons. The Labute approximate surface area is 183 Å². The van der Waals surface area contributed by atoms with E-state index in [-0.39, 0.29) is 12.0 Å². The molecule has 7 nitrogen and oxygen atoms in total. The molecule has 5 rings (SSSR count). The summed E-state index contributed by atoms with van der Waals surface area (Å²) in [6.07, 6.45) is 0.389. The summed E-state index contributed by atoms with van der Waals surface area (Å²) in [4.78, 5) is 6.77. The molecule has 2 fully saturated rings. The molecule has 0 aliphatic carbocycles. The molecule has 2 aliphatic heterocycles. The minimum absolute atomic E-state index is 0.0182. The molecule has 3 aromatic rings. The number of ether oxygens (including phenoxy) is 1. The Morgan fingerprint density at radius 1 is 1.06 bits per heavy atom. The van der Waals surface area contributed by atoms with Crippen LogP contribution in [0.2, 0.25) is 0 Å². The van der Waals surface area contributed by atoms with Crippen LogP contribution >= 0.6 is 0 Å². The average molecular weight is 449 g/mol. The van der Waals surface area contributed by atoms with Crippen LogP contribution in [0.25, 0.3) is 11.0 Å². The van der Waals surface area contributed by atoms with E-state index < -0.39 is 11.7 Å². The lowest BCUT2D eigenvalue weighted by molar-refractivity contribution is -0.137. The topological polar surface area (TPSA) is 69.2 Å². The monoisotopic (exact) mass is 449 g/mol. The van der Waals surface area contributed by atoms with Crippen LogP contribution in [0.15, 0.2) is 22.6 Å². The maximum absolute atomic E-state index is 13.1. The third kappa shape index (κ3) is 4.13. The standard InChI is InChI=1S/C22H26F3N5O2/c1-29-17-6-5-15(22(23,24)25)12-16(17)26-19(29)13-30-9-3-2-4-18(30)21-28-27-20(32-21)14-7-10-31-11-8-14/h5-6,12,14,18H,2-4,7-11,13H2,1H3. The first-order valence-electron chi connectivity index (χ1n) is 11.1. The second-order valence-electron chi connectivity index (χ2n) is 8.64. The van der Waals surface area contributed by atoms with Crippen molar-refractivity contribution in [2.24, 2.45) is 7.05 Å². The van der Waals surface area contributed by atoms with Crippen LogP contribution < -0.4 is 0 Å². The molecular formula is C22H26F3N5O2. The number of halogens is 3. The fraction of sp³-hybridized carbons (Fsp3) is 0.591. The molecular weight excluding hydrogens is 423 g/mol. The second-order valence-corrected chi connectivity index (χ2v) is 8.64. The van der Waals surface area contributed by atoms with Gasteiger partial charge in [-0.05, 0) is 50.4 Å². The van der Waals surface area contributed by atoms with E-state index in [1.807, 2.05) is 11.6 Å². The van der Waals surface area contributed by atoms with E-state index in [9.17, 15) is 13.2 Å². The number of alkyl halides is 3. The summed E-state index contributed by atoms with van der Waals surface area (Å²) in [6.45, 7) is 2.77. The number of hydrogen-bond acceptors (Lipinski definition) is 6. The normalized spacial score (nSPS) is 21.4. The molecule has 1 atom stereocenters. The van der Waals surface area contributed by atoms with Gasteiger partial charge >= 0.3 is 6.18 Å². The van der Waals surface area contributed by atoms with Gasteiger partial charge in [0.15, 0.2) is 0 Å². The Bertz CT molecular complexity index is 1090. The maximum atomic E-state index is 13.1. The van der Waals surface area contributed by atoms with Gasteiger partial charge in [0, 0.05) is 26.2 Å². The lowest BCUT2D eigenvalue weighted by atomic mass is 10.0. The molecule has 10 heteroatoms. The highest BCUT2D eigenvalue weighted by Crippen LogP contribution is 2.35. The molecule has 2 aliphatic rings. The fourth-order valence-electron chi connectivity index (χ4n) is 4.70. The molecule has 172 valence electrons. The average Bonchev–Trinajstić information content (AvgIpc) is 3.39. The first kappa shape index (κ1) is 21.4. The van der Waals surface area contributed by atoms with Crippen LogP contribution in [-0.4, -0.2) is 44.4 Å². The Kier molecular flexibility index (Phi) is 5.66. The van der Waals surface area contributed by atoms with Gasteiger partial charge in [0.2, 0.25) is 11.8 Å². The first-order chi connectivity index (χ1) is 15.4. The third-order valence-corrected chi connectivity index (χ3v) is 6.57. The van der Waals surface area contributed by atoms with Gasteiger partial charge in [-0.15, -0.1) is 10.2 Å². The largest absolute Gasteiger partial charge is 0.423 e. The summed E-state index contributed by atoms with van der Waals surface area (Å²) in [5, 5.41) is 8.67. The van der Waals surface area contributed by atoms with Crippen molar-refractivity contribution < 1.29 is 22.3 Å². The Morgan fingerprint density at radius 2 is 1.84 bits per heavy atom. The summed E-state index contributed by atoms with van der Waals surface area (Å²) >= 11 is 0. The van der Waals surface area contributed by atoms with Gasteiger partial charge in [-0.1, -0.05) is 6.42 Å². The van der Waals surface area contributed by atoms with Crippen LogP contribution in [0.5, 0.6) is 0 Å². The van der Waals surface area contributed by atoms with Crippen molar-refractivity contribution in [2.45, 2.75) is 56.8 Å². The van der Waals surface area contributed by atoms with Gasteiger partial charge in [-0.3, -0.25) is 4.90 Å². The van der Waals surface area contributed by atoms with Gasteiger partial charge in [0.1, 0.15) is 5.82 Å². The van der Waals surface area contributed by atoms with Crippen LogP contribution in [0, 0.1) is 0 Å². The number of imidazole rings is 1. The van der Waals surface area contributed by atoms with Crippen molar-refractivity contribution in [1.29, 1.82) is 0 Å². The zero-order valence-electron chi connectivity index (χ0n) is 17.9. The van der Waals surface area contributed by atoms with Crippen molar-refractivity contribution in [3.8, 4) is 0 Å². The summed E-state index contributed by atoms with van der Waals surface area (Å²) in [7, 11) is 1.84. The summed E-state index contributed by atoms with van der Waals surface area (Å²) < 4.78 is 52.7. The summed E-state index contributed by atoms with van der Waals surface area (Å²) in [5.74, 6) is 2.25. The quantitative estimate of drug-likeness (QED) is 0.580. The van der Waals surface area contributed by atoms with Gasteiger partial charge in [0.25, 0.3) is 0 Å². The highest BCUT2D eigenvalue weighted by molar-refractivity contribution is 5.77. The number of piperidine rings is 1. The van der Waals surface area contributed by atoms with Crippen molar-refractivity contribution in [3.63, 3.8) is 0 Å². The number of fused-ring (bicyclic) bond motifs is 1. The smallest absolute Gasteiger partial charge is 0.416 e. The molecule has 32 heavy (non-hydrogen) atoms. The van der Waals surface area contributed by atoms with Gasteiger partial charge in [-0.25, -0.2) is 4.98 Å². The van der Waals surface area contributed by atoms with Crippen molar-refractivity contribution in [2.75, 3.05) is 19.8 Å². The molecule has 4 heterocycles. The van der Waals surface area contributed by atoms with Crippen LogP contribution in [-0.2, 0) is 24.5 Å². The third-order valence-electron chi connectivity index (χ3n) is 6.57. The van der Waals surface area contributed by atoms with E-state index in [1.54, 1.807) is 0 Å². The summed E-state index contributed by atoms with van der Waals surface area (Å²) in [5.41, 5.74) is 0.351. The Morgan fingerprint density at radius 3 is 2.62 bits per heavy atom. The first-order valence-corrected chi connectivity index (χ1v) is 11.1. The minimum atomic E-state index is -4.38. The molecule has 0 spiro atoms. The fourth-order valence-corrected chi connectivity index (χ4v) is 4.70. The van der Waals surface area contributed by atoms with E-state index in [4.69, 9.17) is 9.15 Å². The highest BCUT2D eigenvalue weighted by Gasteiger charge is 2.33. The van der Waals surface area contributed by atoms with Crippen LogP contribution in [0.1, 0.15) is 67.2 Å². The summed E-state index contributed by atoms with van der Waals surface area (Å²) in [6, 6.07) is 3.69. The van der Waals surface area contributed by atoms with E-state index in [0.717, 1.165) is 56.6 Å².